The molecule has 4 rings (SSSR count). The Labute approximate surface area is 222 Å². The molecule has 0 bridgehead atoms. The fourth-order valence-electron chi connectivity index (χ4n) is 4.74. The van der Waals surface area contributed by atoms with Crippen LogP contribution in [0, 0.1) is 0 Å². The first-order chi connectivity index (χ1) is 18.2. The third-order valence-corrected chi connectivity index (χ3v) is 7.10. The van der Waals surface area contributed by atoms with Crippen molar-refractivity contribution in [3.05, 3.63) is 108 Å². The average Bonchev–Trinajstić information content (AvgIpc) is 3.26. The second kappa shape index (κ2) is 11.6. The largest absolute Gasteiger partial charge is 0.480 e. The van der Waals surface area contributed by atoms with Crippen molar-refractivity contribution >= 4 is 20.2 Å². The summed E-state index contributed by atoms with van der Waals surface area (Å²) in [5, 5.41) is 20.6. The topological polar surface area (TPSA) is 119 Å². The van der Waals surface area contributed by atoms with Crippen molar-refractivity contribution in [2.24, 2.45) is 0 Å². The second-order valence-corrected chi connectivity index (χ2v) is 10.2. The normalized spacial score (nSPS) is 20.6. The number of ketones is 1. The summed E-state index contributed by atoms with van der Waals surface area (Å²) in [6.07, 6.45) is -4.09. The van der Waals surface area contributed by atoms with Gasteiger partial charge in [0.1, 0.15) is 23.9 Å². The smallest absolute Gasteiger partial charge is 0.326 e. The number of carboxylic acids is 1. The summed E-state index contributed by atoms with van der Waals surface area (Å²) < 4.78 is 29.5. The number of ether oxygens (including phenoxy) is 3. The van der Waals surface area contributed by atoms with Crippen molar-refractivity contribution in [1.82, 2.24) is 0 Å². The van der Waals surface area contributed by atoms with E-state index in [1.807, 2.05) is 91.0 Å². The van der Waals surface area contributed by atoms with E-state index in [-0.39, 0.29) is 6.61 Å². The molecular weight excluding hydrogens is 507 g/mol. The number of aliphatic carboxylic acids is 1. The molecule has 3 aromatic carbocycles. The summed E-state index contributed by atoms with van der Waals surface area (Å²) in [6, 6.07) is 28.7. The first-order valence-electron chi connectivity index (χ1n) is 12.1. The molecule has 1 aliphatic rings. The van der Waals surface area contributed by atoms with Crippen molar-refractivity contribution in [2.45, 2.75) is 49.2 Å². The number of carboxylic acid groups (broad SMARTS) is 1. The molecule has 0 aliphatic carbocycles. The number of hydrogen-bond acceptors (Lipinski definition) is 7. The van der Waals surface area contributed by atoms with Crippen LogP contribution >= 0.6 is 8.46 Å². The lowest BCUT2D eigenvalue weighted by molar-refractivity contribution is -0.164. The number of hydrogen-bond donors (Lipinski definition) is 2. The number of carbonyl (C=O) groups excluding carboxylic acids is 1. The fourth-order valence-corrected chi connectivity index (χ4v) is 5.08. The highest BCUT2D eigenvalue weighted by Gasteiger charge is 2.52. The maximum atomic E-state index is 12.9. The van der Waals surface area contributed by atoms with E-state index < -0.39 is 55.6 Å². The van der Waals surface area contributed by atoms with E-state index in [1.54, 1.807) is 13.8 Å². The zero-order valence-corrected chi connectivity index (χ0v) is 21.9. The first kappa shape index (κ1) is 27.8. The minimum atomic E-state index is -1.84. The SMILES string of the molecule is CC1(C)O[C@H](C(O)COC(c2ccccc2)(c2ccccc2)c2ccccc2)[C@H](C(=O)C(P=O)C(=O)O)O1. The van der Waals surface area contributed by atoms with Gasteiger partial charge in [0.25, 0.3) is 0 Å². The van der Waals surface area contributed by atoms with Crippen molar-refractivity contribution in [2.75, 3.05) is 6.61 Å². The molecule has 0 amide bonds. The number of Topliss-reactive ketones (excluding diaryl/α,β-unsaturated/α-hetero) is 1. The molecule has 2 N–H and O–H groups in total. The maximum Gasteiger partial charge on any atom is 0.326 e. The van der Waals surface area contributed by atoms with Crippen LogP contribution in [0.4, 0.5) is 0 Å². The van der Waals surface area contributed by atoms with Crippen molar-refractivity contribution in [3.63, 3.8) is 0 Å². The molecule has 198 valence electrons. The Kier molecular flexibility index (Phi) is 8.51. The van der Waals surface area contributed by atoms with Gasteiger partial charge in [0, 0.05) is 0 Å². The first-order valence-corrected chi connectivity index (χ1v) is 13.0. The number of aliphatic hydroxyl groups is 1. The van der Waals surface area contributed by atoms with E-state index in [0.29, 0.717) is 0 Å². The Hall–Kier alpha value is -3.26. The molecule has 1 saturated heterocycles. The minimum Gasteiger partial charge on any atom is -0.480 e. The minimum absolute atomic E-state index is 0.292. The molecule has 0 saturated carbocycles. The van der Waals surface area contributed by atoms with Gasteiger partial charge in [-0.2, -0.15) is 0 Å². The van der Waals surface area contributed by atoms with Gasteiger partial charge in [-0.3, -0.25) is 14.2 Å². The molecule has 2 unspecified atom stereocenters. The zero-order valence-electron chi connectivity index (χ0n) is 21.0. The molecule has 0 radical (unpaired) electrons. The number of aliphatic hydroxyl groups excluding tert-OH is 1. The van der Waals surface area contributed by atoms with Gasteiger partial charge in [-0.25, -0.2) is 0 Å². The number of benzene rings is 3. The van der Waals surface area contributed by atoms with E-state index in [2.05, 4.69) is 0 Å². The van der Waals surface area contributed by atoms with Crippen LogP contribution in [0.25, 0.3) is 0 Å². The maximum absolute atomic E-state index is 12.9. The Balaban J connectivity index is 1.72. The van der Waals surface area contributed by atoms with Gasteiger partial charge in [-0.05, 0) is 30.5 Å². The second-order valence-electron chi connectivity index (χ2n) is 9.43. The van der Waals surface area contributed by atoms with Crippen LogP contribution in [0.1, 0.15) is 30.5 Å². The van der Waals surface area contributed by atoms with Gasteiger partial charge < -0.3 is 24.4 Å². The van der Waals surface area contributed by atoms with E-state index in [9.17, 15) is 24.4 Å². The molecule has 8 nitrogen and oxygen atoms in total. The third-order valence-electron chi connectivity index (χ3n) is 6.41. The molecule has 3 aromatic rings. The van der Waals surface area contributed by atoms with E-state index in [4.69, 9.17) is 14.2 Å². The summed E-state index contributed by atoms with van der Waals surface area (Å²) in [5.74, 6) is -3.80. The predicted molar refractivity (Wildman–Crippen MR) is 139 cm³/mol. The summed E-state index contributed by atoms with van der Waals surface area (Å²) in [7, 11) is -0.881. The summed E-state index contributed by atoms with van der Waals surface area (Å²) >= 11 is 0. The zero-order chi connectivity index (χ0) is 27.3. The van der Waals surface area contributed by atoms with Gasteiger partial charge in [0.2, 0.25) is 0 Å². The Morgan fingerprint density at radius 2 is 1.34 bits per heavy atom. The number of carbonyl (C=O) groups is 2. The highest BCUT2D eigenvalue weighted by atomic mass is 31.1. The van der Waals surface area contributed by atoms with E-state index >= 15 is 0 Å². The Morgan fingerprint density at radius 1 is 0.895 bits per heavy atom. The molecule has 0 spiro atoms. The molecule has 0 aromatic heterocycles. The van der Waals surface area contributed by atoms with E-state index in [0.717, 1.165) is 16.7 Å². The molecule has 9 heteroatoms. The number of rotatable bonds is 11. The van der Waals surface area contributed by atoms with Crippen molar-refractivity contribution in [1.29, 1.82) is 0 Å². The average molecular weight is 537 g/mol. The van der Waals surface area contributed by atoms with Gasteiger partial charge >= 0.3 is 5.97 Å². The van der Waals surface area contributed by atoms with Crippen LogP contribution in [0.5, 0.6) is 0 Å². The molecular formula is C29H29O8P. The van der Waals surface area contributed by atoms with Gasteiger partial charge in [0.05, 0.1) is 6.61 Å². The molecule has 4 atom stereocenters. The molecule has 1 fully saturated rings. The van der Waals surface area contributed by atoms with Crippen LogP contribution in [0.15, 0.2) is 91.0 Å². The van der Waals surface area contributed by atoms with Crippen molar-refractivity contribution < 1.29 is 38.6 Å². The van der Waals surface area contributed by atoms with Gasteiger partial charge in [0.15, 0.2) is 25.7 Å². The van der Waals surface area contributed by atoms with Crippen LogP contribution in [0.2, 0.25) is 0 Å². The summed E-state index contributed by atoms with van der Waals surface area (Å²) in [6.45, 7) is 2.81. The Morgan fingerprint density at radius 3 is 1.74 bits per heavy atom. The fraction of sp³-hybridized carbons (Fsp3) is 0.310. The third kappa shape index (κ3) is 5.60. The predicted octanol–water partition coefficient (Wildman–Crippen LogP) is 4.19. The van der Waals surface area contributed by atoms with Crippen LogP contribution in [0.3, 0.4) is 0 Å². The van der Waals surface area contributed by atoms with Crippen LogP contribution in [-0.2, 0) is 34.0 Å². The van der Waals surface area contributed by atoms with Crippen molar-refractivity contribution in [3.8, 4) is 0 Å². The van der Waals surface area contributed by atoms with Crippen LogP contribution in [-0.4, -0.2) is 58.3 Å². The Bertz CT molecular complexity index is 1150. The summed E-state index contributed by atoms with van der Waals surface area (Å²) in [5.41, 5.74) is -0.520. The standard InChI is InChI=1S/C29H29O8P/c1-28(2)36-24(25(37-28)23(31)26(38-34)27(32)33)22(30)18-35-29(19-12-6-3-7-13-19,20-14-8-4-9-15-20)21-16-10-5-11-17-21/h3-17,22,24-26,30H,18H2,1-2H3,(H,32,33)/t22?,24-,25+,26?/m1/s1. The van der Waals surface area contributed by atoms with Gasteiger partial charge in [-0.15, -0.1) is 0 Å². The monoisotopic (exact) mass is 536 g/mol. The lowest BCUT2D eigenvalue weighted by Gasteiger charge is -2.37. The van der Waals surface area contributed by atoms with Crippen LogP contribution < -0.4 is 0 Å². The lowest BCUT2D eigenvalue weighted by atomic mass is 9.80. The highest BCUT2D eigenvalue weighted by Crippen LogP contribution is 2.41. The molecule has 1 heterocycles. The molecule has 1 aliphatic heterocycles. The van der Waals surface area contributed by atoms with E-state index in [1.165, 1.54) is 0 Å². The quantitative estimate of drug-likeness (QED) is 0.213. The lowest BCUT2D eigenvalue weighted by Crippen LogP contribution is -2.47. The van der Waals surface area contributed by atoms with Gasteiger partial charge in [-0.1, -0.05) is 91.0 Å². The molecule has 38 heavy (non-hydrogen) atoms. The highest BCUT2D eigenvalue weighted by molar-refractivity contribution is 7.28. The summed E-state index contributed by atoms with van der Waals surface area (Å²) in [4.78, 5) is 24.4.